The van der Waals surface area contributed by atoms with E-state index in [1.54, 1.807) is 20.8 Å². The summed E-state index contributed by atoms with van der Waals surface area (Å²) >= 11 is 0. The Morgan fingerprint density at radius 1 is 0.929 bits per heavy atom. The fraction of sp³-hybridized carbons (Fsp3) is 0.387. The number of ether oxygens (including phenoxy) is 1. The standard InChI is InChI=1S/C31H35F4N3O4/c1-17(2)6-10-25(30(41)42-31(3,4)5)37-13-12-18-14-23(34)27(24(35)15-18)38-26(39)11-9-21(29(38)36)28(40)20-8-7-19(32)16-22(20)33/h7-9,11,14-17,25,37H,6,10,12-13,36H2,1-5H3. The number of nitrogen functional groups attached to an aromatic ring is 1. The largest absolute Gasteiger partial charge is 0.459 e. The van der Waals surface area contributed by atoms with Crippen LogP contribution in [-0.2, 0) is 16.0 Å². The van der Waals surface area contributed by atoms with E-state index in [1.807, 2.05) is 13.8 Å². The number of esters is 1. The van der Waals surface area contributed by atoms with Crippen LogP contribution in [0.1, 0.15) is 68.9 Å². The van der Waals surface area contributed by atoms with Crippen molar-refractivity contribution in [2.45, 2.75) is 65.5 Å². The molecule has 3 aromatic rings. The van der Waals surface area contributed by atoms with Gasteiger partial charge in [-0.05, 0) is 88.4 Å². The van der Waals surface area contributed by atoms with E-state index in [2.05, 4.69) is 5.32 Å². The molecule has 0 saturated heterocycles. The third kappa shape index (κ3) is 8.06. The molecule has 226 valence electrons. The van der Waals surface area contributed by atoms with E-state index in [9.17, 15) is 23.2 Å². The number of aromatic nitrogens is 1. The van der Waals surface area contributed by atoms with Crippen LogP contribution in [0.15, 0.2) is 47.3 Å². The zero-order chi connectivity index (χ0) is 31.4. The first-order valence-electron chi connectivity index (χ1n) is 13.5. The van der Waals surface area contributed by atoms with Gasteiger partial charge in [-0.25, -0.2) is 17.6 Å². The molecule has 1 heterocycles. The summed E-state index contributed by atoms with van der Waals surface area (Å²) < 4.78 is 64.1. The van der Waals surface area contributed by atoms with Crippen LogP contribution in [0.25, 0.3) is 5.69 Å². The molecule has 0 aliphatic rings. The van der Waals surface area contributed by atoms with E-state index < -0.39 is 74.9 Å². The molecule has 0 radical (unpaired) electrons. The normalized spacial score (nSPS) is 12.4. The highest BCUT2D eigenvalue weighted by Crippen LogP contribution is 2.25. The van der Waals surface area contributed by atoms with Crippen molar-refractivity contribution in [3.63, 3.8) is 0 Å². The highest BCUT2D eigenvalue weighted by Gasteiger charge is 2.26. The van der Waals surface area contributed by atoms with Gasteiger partial charge in [0.1, 0.15) is 34.8 Å². The van der Waals surface area contributed by atoms with Gasteiger partial charge in [0, 0.05) is 12.1 Å². The van der Waals surface area contributed by atoms with E-state index in [0.717, 1.165) is 42.8 Å². The quantitative estimate of drug-likeness (QED) is 0.174. The predicted molar refractivity (Wildman–Crippen MR) is 152 cm³/mol. The maximum atomic E-state index is 15.3. The molecule has 0 aliphatic carbocycles. The Bertz CT molecular complexity index is 1510. The third-order valence-corrected chi connectivity index (χ3v) is 6.38. The summed E-state index contributed by atoms with van der Waals surface area (Å²) in [5.74, 6) is -6.00. The number of carbonyl (C=O) groups is 2. The smallest absolute Gasteiger partial charge is 0.323 e. The number of anilines is 1. The molecule has 3 N–H and O–H groups in total. The van der Waals surface area contributed by atoms with Crippen molar-refractivity contribution in [1.82, 2.24) is 9.88 Å². The molecule has 0 aliphatic heterocycles. The summed E-state index contributed by atoms with van der Waals surface area (Å²) in [6.07, 6.45) is 1.43. The number of nitrogens with two attached hydrogens (primary N) is 1. The van der Waals surface area contributed by atoms with E-state index >= 15 is 8.78 Å². The van der Waals surface area contributed by atoms with Crippen LogP contribution >= 0.6 is 0 Å². The maximum absolute atomic E-state index is 15.3. The molecule has 11 heteroatoms. The molecule has 42 heavy (non-hydrogen) atoms. The SMILES string of the molecule is CC(C)CCC(NCCc1cc(F)c(-n2c(N)c(C(=O)c3ccc(F)cc3F)ccc2=O)c(F)c1)C(=O)OC(C)(C)C. The Labute approximate surface area is 241 Å². The van der Waals surface area contributed by atoms with E-state index in [1.165, 1.54) is 0 Å². The van der Waals surface area contributed by atoms with Crippen LogP contribution in [0, 0.1) is 29.2 Å². The zero-order valence-corrected chi connectivity index (χ0v) is 24.2. The van der Waals surface area contributed by atoms with E-state index in [-0.39, 0.29) is 18.5 Å². The highest BCUT2D eigenvalue weighted by atomic mass is 19.1. The number of pyridine rings is 1. The Kier molecular flexibility index (Phi) is 10.3. The third-order valence-electron chi connectivity index (χ3n) is 6.38. The molecule has 0 amide bonds. The lowest BCUT2D eigenvalue weighted by atomic mass is 10.0. The lowest BCUT2D eigenvalue weighted by Crippen LogP contribution is -2.42. The van der Waals surface area contributed by atoms with Crippen LogP contribution in [0.5, 0.6) is 0 Å². The number of nitrogens with one attached hydrogen (secondary N) is 1. The number of hydrogen-bond acceptors (Lipinski definition) is 6. The Morgan fingerprint density at radius 3 is 2.12 bits per heavy atom. The molecule has 0 saturated carbocycles. The highest BCUT2D eigenvalue weighted by molar-refractivity contribution is 6.11. The van der Waals surface area contributed by atoms with Crippen molar-refractivity contribution in [2.24, 2.45) is 5.92 Å². The molecule has 0 bridgehead atoms. The van der Waals surface area contributed by atoms with Crippen molar-refractivity contribution in [1.29, 1.82) is 0 Å². The molecule has 3 rings (SSSR count). The maximum Gasteiger partial charge on any atom is 0.323 e. The molecule has 1 atom stereocenters. The van der Waals surface area contributed by atoms with Crippen LogP contribution < -0.4 is 16.6 Å². The van der Waals surface area contributed by atoms with Gasteiger partial charge in [-0.1, -0.05) is 13.8 Å². The van der Waals surface area contributed by atoms with Gasteiger partial charge in [-0.3, -0.25) is 19.0 Å². The van der Waals surface area contributed by atoms with Gasteiger partial charge in [0.2, 0.25) is 0 Å². The van der Waals surface area contributed by atoms with Crippen molar-refractivity contribution in [2.75, 3.05) is 12.3 Å². The zero-order valence-electron chi connectivity index (χ0n) is 24.2. The number of halogens is 4. The first kappa shape index (κ1) is 32.5. The van der Waals surface area contributed by atoms with Crippen LogP contribution in [0.2, 0.25) is 0 Å². The molecule has 1 aromatic heterocycles. The number of hydrogen-bond donors (Lipinski definition) is 2. The van der Waals surface area contributed by atoms with Gasteiger partial charge >= 0.3 is 5.97 Å². The lowest BCUT2D eigenvalue weighted by molar-refractivity contribution is -0.157. The van der Waals surface area contributed by atoms with Crippen molar-refractivity contribution >= 4 is 17.6 Å². The number of ketones is 1. The van der Waals surface area contributed by atoms with Crippen molar-refractivity contribution in [3.05, 3.63) is 92.8 Å². The average molecular weight is 590 g/mol. The van der Waals surface area contributed by atoms with Crippen molar-refractivity contribution < 1.29 is 31.9 Å². The lowest BCUT2D eigenvalue weighted by Gasteiger charge is -2.25. The number of benzene rings is 2. The Balaban J connectivity index is 1.86. The molecule has 2 aromatic carbocycles. The fourth-order valence-corrected chi connectivity index (χ4v) is 4.34. The van der Waals surface area contributed by atoms with Gasteiger partial charge in [0.05, 0.1) is 11.1 Å². The first-order valence-corrected chi connectivity index (χ1v) is 13.5. The molecule has 0 fully saturated rings. The molecule has 0 spiro atoms. The molecular formula is C31H35F4N3O4. The van der Waals surface area contributed by atoms with Gasteiger partial charge in [-0.15, -0.1) is 0 Å². The fourth-order valence-electron chi connectivity index (χ4n) is 4.34. The minimum absolute atomic E-state index is 0.141. The summed E-state index contributed by atoms with van der Waals surface area (Å²) in [6.45, 7) is 9.57. The van der Waals surface area contributed by atoms with Gasteiger partial charge in [0.15, 0.2) is 17.4 Å². The topological polar surface area (TPSA) is 103 Å². The summed E-state index contributed by atoms with van der Waals surface area (Å²) in [6, 6.07) is 5.60. The molecular weight excluding hydrogens is 554 g/mol. The Morgan fingerprint density at radius 2 is 1.55 bits per heavy atom. The minimum Gasteiger partial charge on any atom is -0.459 e. The van der Waals surface area contributed by atoms with Crippen molar-refractivity contribution in [3.8, 4) is 5.69 Å². The number of rotatable bonds is 11. The van der Waals surface area contributed by atoms with Gasteiger partial charge < -0.3 is 15.8 Å². The van der Waals surface area contributed by atoms with Crippen LogP contribution in [-0.4, -0.2) is 34.5 Å². The van der Waals surface area contributed by atoms with Gasteiger partial charge in [0.25, 0.3) is 5.56 Å². The van der Waals surface area contributed by atoms with Crippen LogP contribution in [0.3, 0.4) is 0 Å². The second kappa shape index (κ2) is 13.3. The van der Waals surface area contributed by atoms with E-state index in [4.69, 9.17) is 10.5 Å². The van der Waals surface area contributed by atoms with Crippen LogP contribution in [0.4, 0.5) is 23.4 Å². The second-order valence-corrected chi connectivity index (χ2v) is 11.4. The monoisotopic (exact) mass is 589 g/mol. The predicted octanol–water partition coefficient (Wildman–Crippen LogP) is 5.49. The number of nitrogens with zero attached hydrogens (tertiary/aromatic N) is 1. The molecule has 1 unspecified atom stereocenters. The minimum atomic E-state index is -1.16. The molecule has 7 nitrogen and oxygen atoms in total. The summed E-state index contributed by atoms with van der Waals surface area (Å²) in [4.78, 5) is 38.2. The summed E-state index contributed by atoms with van der Waals surface area (Å²) in [7, 11) is 0. The summed E-state index contributed by atoms with van der Waals surface area (Å²) in [5.41, 5.74) is 2.89. The second-order valence-electron chi connectivity index (χ2n) is 11.4. The number of carbonyl (C=O) groups excluding carboxylic acids is 2. The van der Waals surface area contributed by atoms with E-state index in [0.29, 0.717) is 23.0 Å². The average Bonchev–Trinajstić information content (AvgIpc) is 2.86. The van der Waals surface area contributed by atoms with Gasteiger partial charge in [-0.2, -0.15) is 0 Å². The summed E-state index contributed by atoms with van der Waals surface area (Å²) in [5, 5.41) is 3.11. The first-order chi connectivity index (χ1) is 19.6. The Hall–Kier alpha value is -3.99.